The van der Waals surface area contributed by atoms with E-state index in [-0.39, 0.29) is 24.7 Å². The number of quaternary nitrogens is 1. The average molecular weight is 221 g/mol. The molecule has 2 N–H and O–H groups in total. The van der Waals surface area contributed by atoms with Gasteiger partial charge in [0, 0.05) is 6.42 Å². The zero-order chi connectivity index (χ0) is 10.1. The standard InChI is InChI=1S/C7H8N2O4.ClH/c1-2-5-8-3-4-9(5,6(10)11)7(12)13;/h3-4H,2H2,1H3,(H-,10,11,12,13);1H. The maximum Gasteiger partial charge on any atom is 0.535 e. The van der Waals surface area contributed by atoms with E-state index in [1.807, 2.05) is 0 Å². The second-order valence-corrected chi connectivity index (χ2v) is 2.48. The SMILES string of the molecule is CCC1=NC=C[N+]1(C(=O)O)C(=O)O.[Cl-]. The molecule has 0 aliphatic carbocycles. The first-order valence-corrected chi connectivity index (χ1v) is 3.66. The Hall–Kier alpha value is -1.40. The Morgan fingerprint density at radius 3 is 2.21 bits per heavy atom. The van der Waals surface area contributed by atoms with Crippen molar-refractivity contribution in [3.8, 4) is 0 Å². The van der Waals surface area contributed by atoms with Gasteiger partial charge in [-0.25, -0.2) is 4.99 Å². The molecule has 1 heterocycles. The van der Waals surface area contributed by atoms with Crippen LogP contribution in [0.4, 0.5) is 9.59 Å². The van der Waals surface area contributed by atoms with Gasteiger partial charge >= 0.3 is 12.2 Å². The summed E-state index contributed by atoms with van der Waals surface area (Å²) in [6, 6.07) is 0. The molecule has 0 aromatic heterocycles. The molecule has 0 aromatic carbocycles. The van der Waals surface area contributed by atoms with Crippen molar-refractivity contribution in [1.29, 1.82) is 0 Å². The minimum absolute atomic E-state index is 0. The molecular weight excluding hydrogens is 212 g/mol. The van der Waals surface area contributed by atoms with Crippen molar-refractivity contribution in [2.45, 2.75) is 13.3 Å². The fourth-order valence-electron chi connectivity index (χ4n) is 1.17. The van der Waals surface area contributed by atoms with E-state index in [9.17, 15) is 9.59 Å². The number of halogens is 1. The second kappa shape index (κ2) is 4.21. The number of imide groups is 1. The summed E-state index contributed by atoms with van der Waals surface area (Å²) in [6.45, 7) is 1.66. The first kappa shape index (κ1) is 12.6. The molecule has 1 aliphatic heterocycles. The molecule has 0 spiro atoms. The molecule has 7 heteroatoms. The van der Waals surface area contributed by atoms with Crippen LogP contribution in [0, 0.1) is 0 Å². The quantitative estimate of drug-likeness (QED) is 0.524. The molecule has 0 atom stereocenters. The highest BCUT2D eigenvalue weighted by Gasteiger charge is 2.51. The fourth-order valence-corrected chi connectivity index (χ4v) is 1.17. The predicted octanol–water partition coefficient (Wildman–Crippen LogP) is -1.54. The van der Waals surface area contributed by atoms with Crippen molar-refractivity contribution in [2.75, 3.05) is 0 Å². The molecule has 78 valence electrons. The normalized spacial score (nSPS) is 17.1. The Bertz CT molecular complexity index is 310. The van der Waals surface area contributed by atoms with E-state index in [4.69, 9.17) is 10.2 Å². The maximum atomic E-state index is 10.8. The van der Waals surface area contributed by atoms with Gasteiger partial charge in [-0.05, 0) is 4.48 Å². The Balaban J connectivity index is 0.00000169. The zero-order valence-electron chi connectivity index (χ0n) is 7.35. The molecule has 0 radical (unpaired) electrons. The van der Waals surface area contributed by atoms with E-state index in [0.29, 0.717) is 0 Å². The molecule has 2 amide bonds. The largest absolute Gasteiger partial charge is 1.00 e. The summed E-state index contributed by atoms with van der Waals surface area (Å²) in [6.07, 6.45) is -0.403. The monoisotopic (exact) mass is 220 g/mol. The van der Waals surface area contributed by atoms with Crippen LogP contribution in [0.3, 0.4) is 0 Å². The maximum absolute atomic E-state index is 10.8. The lowest BCUT2D eigenvalue weighted by Crippen LogP contribution is -3.00. The predicted molar refractivity (Wildman–Crippen MR) is 43.2 cm³/mol. The van der Waals surface area contributed by atoms with Gasteiger partial charge in [-0.2, -0.15) is 9.59 Å². The number of amides is 2. The van der Waals surface area contributed by atoms with Crippen molar-refractivity contribution < 1.29 is 36.7 Å². The van der Waals surface area contributed by atoms with Gasteiger partial charge < -0.3 is 22.6 Å². The summed E-state index contributed by atoms with van der Waals surface area (Å²) in [4.78, 5) is 25.3. The first-order chi connectivity index (χ1) is 6.05. The number of rotatable bonds is 1. The van der Waals surface area contributed by atoms with Crippen molar-refractivity contribution >= 4 is 18.0 Å². The number of aliphatic imine (C=N–C) groups is 1. The summed E-state index contributed by atoms with van der Waals surface area (Å²) in [5.74, 6) is 0.0972. The number of carbonyl (C=O) groups is 2. The van der Waals surface area contributed by atoms with Gasteiger partial charge in [0.1, 0.15) is 6.20 Å². The first-order valence-electron chi connectivity index (χ1n) is 3.66. The second-order valence-electron chi connectivity index (χ2n) is 2.48. The number of hydrogen-bond donors (Lipinski definition) is 2. The van der Waals surface area contributed by atoms with E-state index in [2.05, 4.69) is 4.99 Å². The van der Waals surface area contributed by atoms with Crippen LogP contribution in [0.5, 0.6) is 0 Å². The number of hydrogen-bond acceptors (Lipinski definition) is 3. The summed E-state index contributed by atoms with van der Waals surface area (Å²) in [5, 5.41) is 17.6. The van der Waals surface area contributed by atoms with Crippen molar-refractivity contribution in [2.24, 2.45) is 4.99 Å². The van der Waals surface area contributed by atoms with Crippen molar-refractivity contribution in [3.63, 3.8) is 0 Å². The van der Waals surface area contributed by atoms with Crippen molar-refractivity contribution in [1.82, 2.24) is 0 Å². The van der Waals surface area contributed by atoms with E-state index in [1.54, 1.807) is 6.92 Å². The molecular formula is C7H9ClN2O4. The molecule has 0 unspecified atom stereocenters. The third kappa shape index (κ3) is 1.49. The molecule has 0 aromatic rings. The van der Waals surface area contributed by atoms with Gasteiger partial charge in [0.15, 0.2) is 0 Å². The van der Waals surface area contributed by atoms with Gasteiger partial charge in [-0.3, -0.25) is 0 Å². The highest BCUT2D eigenvalue weighted by Crippen LogP contribution is 2.20. The summed E-state index contributed by atoms with van der Waals surface area (Å²) < 4.78 is -1.23. The van der Waals surface area contributed by atoms with Gasteiger partial charge in [0.05, 0.1) is 6.20 Å². The zero-order valence-corrected chi connectivity index (χ0v) is 8.10. The molecule has 14 heavy (non-hydrogen) atoms. The average Bonchev–Trinajstić information content (AvgIpc) is 2.47. The highest BCUT2D eigenvalue weighted by molar-refractivity contribution is 5.96. The van der Waals surface area contributed by atoms with Crippen molar-refractivity contribution in [3.05, 3.63) is 12.4 Å². The van der Waals surface area contributed by atoms with E-state index >= 15 is 0 Å². The minimum Gasteiger partial charge on any atom is -1.00 e. The number of carboxylic acid groups (broad SMARTS) is 2. The fraction of sp³-hybridized carbons (Fsp3) is 0.286. The lowest BCUT2D eigenvalue weighted by molar-refractivity contribution is -0.628. The van der Waals surface area contributed by atoms with Gasteiger partial charge in [0.25, 0.3) is 0 Å². The van der Waals surface area contributed by atoms with Crippen LogP contribution in [0.25, 0.3) is 0 Å². The Kier molecular flexibility index (Phi) is 3.79. The summed E-state index contributed by atoms with van der Waals surface area (Å²) >= 11 is 0. The topological polar surface area (TPSA) is 87.0 Å². The van der Waals surface area contributed by atoms with E-state index < -0.39 is 16.7 Å². The summed E-state index contributed by atoms with van der Waals surface area (Å²) in [7, 11) is 0. The van der Waals surface area contributed by atoms with E-state index in [0.717, 1.165) is 6.20 Å². The lowest BCUT2D eigenvalue weighted by atomic mass is 10.3. The molecule has 1 rings (SSSR count). The van der Waals surface area contributed by atoms with E-state index in [1.165, 1.54) is 6.20 Å². The van der Waals surface area contributed by atoms with Crippen LogP contribution in [-0.2, 0) is 0 Å². The molecule has 0 saturated carbocycles. The van der Waals surface area contributed by atoms with Crippen LogP contribution in [0.15, 0.2) is 17.4 Å². The lowest BCUT2D eigenvalue weighted by Gasteiger charge is -2.18. The third-order valence-electron chi connectivity index (χ3n) is 1.84. The van der Waals surface area contributed by atoms with Crippen LogP contribution in [-0.4, -0.2) is 32.7 Å². The van der Waals surface area contributed by atoms with Gasteiger partial charge in [-0.15, -0.1) is 0 Å². The highest BCUT2D eigenvalue weighted by atomic mass is 35.5. The third-order valence-corrected chi connectivity index (χ3v) is 1.84. The van der Waals surface area contributed by atoms with Crippen LogP contribution < -0.4 is 12.4 Å². The van der Waals surface area contributed by atoms with Gasteiger partial charge in [-0.1, -0.05) is 6.92 Å². The number of amidine groups is 1. The molecule has 6 nitrogen and oxygen atoms in total. The minimum atomic E-state index is -1.46. The Labute approximate surface area is 86.2 Å². The van der Waals surface area contributed by atoms with Crippen LogP contribution >= 0.6 is 0 Å². The molecule has 0 saturated heterocycles. The van der Waals surface area contributed by atoms with Crippen LogP contribution in [0.2, 0.25) is 0 Å². The molecule has 0 bridgehead atoms. The smallest absolute Gasteiger partial charge is 0.535 e. The number of nitrogens with zero attached hydrogens (tertiary/aromatic N) is 2. The molecule has 0 fully saturated rings. The summed E-state index contributed by atoms with van der Waals surface area (Å²) in [5.41, 5.74) is 0. The van der Waals surface area contributed by atoms with Gasteiger partial charge in [0.2, 0.25) is 5.84 Å². The Morgan fingerprint density at radius 1 is 1.43 bits per heavy atom. The Morgan fingerprint density at radius 2 is 1.93 bits per heavy atom. The molecule has 1 aliphatic rings. The van der Waals surface area contributed by atoms with Crippen LogP contribution in [0.1, 0.15) is 13.3 Å².